The van der Waals surface area contributed by atoms with Gasteiger partial charge in [0.15, 0.2) is 11.6 Å². The van der Waals surface area contributed by atoms with E-state index in [1.165, 1.54) is 6.33 Å². The summed E-state index contributed by atoms with van der Waals surface area (Å²) in [4.78, 5) is 13.1. The molecule has 0 radical (unpaired) electrons. The van der Waals surface area contributed by atoms with Gasteiger partial charge in [0.2, 0.25) is 5.88 Å². The van der Waals surface area contributed by atoms with E-state index in [0.717, 1.165) is 39.0 Å². The van der Waals surface area contributed by atoms with E-state index in [0.29, 0.717) is 41.7 Å². The minimum absolute atomic E-state index is 0.0694. The van der Waals surface area contributed by atoms with Gasteiger partial charge in [0.05, 0.1) is 24.4 Å². The van der Waals surface area contributed by atoms with E-state index >= 15 is 4.39 Å². The van der Waals surface area contributed by atoms with E-state index in [4.69, 9.17) is 25.8 Å². The van der Waals surface area contributed by atoms with Crippen molar-refractivity contribution < 1.29 is 18.6 Å². The molecule has 0 bridgehead atoms. The average Bonchev–Trinajstić information content (AvgIpc) is 3.35. The van der Waals surface area contributed by atoms with Gasteiger partial charge in [-0.15, -0.1) is 0 Å². The van der Waals surface area contributed by atoms with Crippen LogP contribution in [0.15, 0.2) is 30.6 Å². The average molecular weight is 474 g/mol. The van der Waals surface area contributed by atoms with Crippen LogP contribution in [0.5, 0.6) is 11.6 Å². The fraction of sp³-hybridized carbons (Fsp3) is 0.435. The Balaban J connectivity index is 1.34. The van der Waals surface area contributed by atoms with Crippen LogP contribution in [0.25, 0.3) is 11.0 Å². The molecule has 33 heavy (non-hydrogen) atoms. The highest BCUT2D eigenvalue weighted by molar-refractivity contribution is 6.32. The summed E-state index contributed by atoms with van der Waals surface area (Å²) in [6.07, 6.45) is 4.42. The van der Waals surface area contributed by atoms with E-state index < -0.39 is 5.82 Å². The monoisotopic (exact) mass is 473 g/mol. The Kier molecular flexibility index (Phi) is 6.70. The zero-order valence-electron chi connectivity index (χ0n) is 18.0. The Bertz CT molecular complexity index is 1120. The van der Waals surface area contributed by atoms with Gasteiger partial charge in [-0.05, 0) is 44.0 Å². The zero-order chi connectivity index (χ0) is 22.6. The SMILES string of the molecule is Fc1c(Nc2ncnc3ccc(O[C@H]4CCNC4)nc23)ccc(OC[C@@H]2CCCOC2)c1Cl. The van der Waals surface area contributed by atoms with Gasteiger partial charge in [-0.2, -0.15) is 0 Å². The number of nitrogens with one attached hydrogen (secondary N) is 2. The third-order valence-electron chi connectivity index (χ3n) is 5.79. The standard InChI is InChI=1S/C23H25ClFN5O3/c24-20-18(32-12-14-2-1-9-31-11-14)5-3-16(21(20)25)29-23-22-17(27-13-28-23)4-6-19(30-22)33-15-7-8-26-10-15/h3-6,13-15,26H,1-2,7-12H2,(H,27,28,29)/t14-,15+/m1/s1. The van der Waals surface area contributed by atoms with Crippen LogP contribution in [0.3, 0.4) is 0 Å². The van der Waals surface area contributed by atoms with E-state index in [2.05, 4.69) is 25.6 Å². The van der Waals surface area contributed by atoms with Crippen LogP contribution < -0.4 is 20.1 Å². The Morgan fingerprint density at radius 1 is 1.21 bits per heavy atom. The lowest BCUT2D eigenvalue weighted by Crippen LogP contribution is -2.23. The predicted octanol–water partition coefficient (Wildman–Crippen LogP) is 4.11. The van der Waals surface area contributed by atoms with Crippen molar-refractivity contribution >= 4 is 34.1 Å². The van der Waals surface area contributed by atoms with Gasteiger partial charge in [0, 0.05) is 25.1 Å². The van der Waals surface area contributed by atoms with E-state index in [-0.39, 0.29) is 22.7 Å². The molecular weight excluding hydrogens is 449 g/mol. The van der Waals surface area contributed by atoms with Gasteiger partial charge < -0.3 is 24.8 Å². The summed E-state index contributed by atoms with van der Waals surface area (Å²) in [5.74, 6) is 0.800. The number of pyridine rings is 1. The van der Waals surface area contributed by atoms with Crippen LogP contribution in [-0.2, 0) is 4.74 Å². The van der Waals surface area contributed by atoms with Crippen molar-refractivity contribution in [2.45, 2.75) is 25.4 Å². The van der Waals surface area contributed by atoms with Crippen LogP contribution in [0.1, 0.15) is 19.3 Å². The highest BCUT2D eigenvalue weighted by atomic mass is 35.5. The maximum atomic E-state index is 15.1. The predicted molar refractivity (Wildman–Crippen MR) is 123 cm³/mol. The number of rotatable bonds is 7. The van der Waals surface area contributed by atoms with Crippen LogP contribution in [0, 0.1) is 11.7 Å². The zero-order valence-corrected chi connectivity index (χ0v) is 18.8. The molecule has 2 aliphatic heterocycles. The Morgan fingerprint density at radius 2 is 2.15 bits per heavy atom. The minimum atomic E-state index is -0.620. The molecule has 0 amide bonds. The molecule has 0 spiro atoms. The highest BCUT2D eigenvalue weighted by Crippen LogP contribution is 2.35. The maximum Gasteiger partial charge on any atom is 0.214 e. The summed E-state index contributed by atoms with van der Waals surface area (Å²) in [5, 5.41) is 6.17. The van der Waals surface area contributed by atoms with Gasteiger partial charge >= 0.3 is 0 Å². The normalized spacial score (nSPS) is 20.7. The van der Waals surface area contributed by atoms with Crippen molar-refractivity contribution in [1.82, 2.24) is 20.3 Å². The van der Waals surface area contributed by atoms with Gasteiger partial charge in [-0.3, -0.25) is 0 Å². The lowest BCUT2D eigenvalue weighted by Gasteiger charge is -2.22. The molecule has 0 unspecified atom stereocenters. The fourth-order valence-electron chi connectivity index (χ4n) is 3.99. The number of hydrogen-bond donors (Lipinski definition) is 2. The summed E-state index contributed by atoms with van der Waals surface area (Å²) in [5.41, 5.74) is 1.26. The molecule has 5 rings (SSSR count). The van der Waals surface area contributed by atoms with E-state index in [9.17, 15) is 0 Å². The van der Waals surface area contributed by atoms with Gasteiger partial charge in [0.1, 0.15) is 28.7 Å². The third-order valence-corrected chi connectivity index (χ3v) is 6.14. The maximum absolute atomic E-state index is 15.1. The molecular formula is C23H25ClFN5O3. The molecule has 3 aromatic rings. The largest absolute Gasteiger partial charge is 0.492 e. The van der Waals surface area contributed by atoms with Gasteiger partial charge in [-0.1, -0.05) is 11.6 Å². The Labute approximate surface area is 195 Å². The quantitative estimate of drug-likeness (QED) is 0.530. The molecule has 2 N–H and O–H groups in total. The van der Waals surface area contributed by atoms with Crippen molar-refractivity contribution in [3.8, 4) is 11.6 Å². The van der Waals surface area contributed by atoms with Crippen molar-refractivity contribution in [3.63, 3.8) is 0 Å². The van der Waals surface area contributed by atoms with Crippen LogP contribution in [-0.4, -0.2) is 54.0 Å². The van der Waals surface area contributed by atoms with Gasteiger partial charge in [0.25, 0.3) is 0 Å². The lowest BCUT2D eigenvalue weighted by molar-refractivity contribution is 0.0351. The van der Waals surface area contributed by atoms with E-state index in [1.807, 2.05) is 6.07 Å². The molecule has 2 fully saturated rings. The first-order valence-electron chi connectivity index (χ1n) is 11.1. The minimum Gasteiger partial charge on any atom is -0.492 e. The van der Waals surface area contributed by atoms with Crippen molar-refractivity contribution in [1.29, 1.82) is 0 Å². The fourth-order valence-corrected chi connectivity index (χ4v) is 4.21. The first kappa shape index (κ1) is 22.1. The number of halogens is 2. The lowest BCUT2D eigenvalue weighted by atomic mass is 10.0. The van der Waals surface area contributed by atoms with Gasteiger partial charge in [-0.25, -0.2) is 19.3 Å². The smallest absolute Gasteiger partial charge is 0.214 e. The number of aromatic nitrogens is 3. The van der Waals surface area contributed by atoms with E-state index in [1.54, 1.807) is 18.2 Å². The molecule has 4 heterocycles. The number of anilines is 2. The first-order chi connectivity index (χ1) is 16.2. The highest BCUT2D eigenvalue weighted by Gasteiger charge is 2.20. The molecule has 2 aromatic heterocycles. The third kappa shape index (κ3) is 5.10. The summed E-state index contributed by atoms with van der Waals surface area (Å²) in [7, 11) is 0. The molecule has 10 heteroatoms. The Morgan fingerprint density at radius 3 is 2.97 bits per heavy atom. The number of fused-ring (bicyclic) bond motifs is 1. The molecule has 2 saturated heterocycles. The molecule has 0 aliphatic carbocycles. The van der Waals surface area contributed by atoms with Crippen molar-refractivity contribution in [3.05, 3.63) is 41.4 Å². The van der Waals surface area contributed by atoms with Crippen molar-refractivity contribution in [2.75, 3.05) is 38.2 Å². The molecule has 174 valence electrons. The summed E-state index contributed by atoms with van der Waals surface area (Å²) < 4.78 is 32.3. The Hall–Kier alpha value is -2.75. The number of benzene rings is 1. The van der Waals surface area contributed by atoms with Crippen LogP contribution >= 0.6 is 11.6 Å². The second-order valence-corrected chi connectivity index (χ2v) is 8.61. The number of ether oxygens (including phenoxy) is 3. The molecule has 2 atom stereocenters. The second-order valence-electron chi connectivity index (χ2n) is 8.23. The number of nitrogens with zero attached hydrogens (tertiary/aromatic N) is 3. The topological polar surface area (TPSA) is 90.4 Å². The summed E-state index contributed by atoms with van der Waals surface area (Å²) in [6, 6.07) is 6.81. The molecule has 1 aromatic carbocycles. The van der Waals surface area contributed by atoms with Crippen LogP contribution in [0.2, 0.25) is 5.02 Å². The summed E-state index contributed by atoms with van der Waals surface area (Å²) in [6.45, 7) is 3.57. The molecule has 8 nitrogen and oxygen atoms in total. The second kappa shape index (κ2) is 10.0. The molecule has 0 saturated carbocycles. The first-order valence-corrected chi connectivity index (χ1v) is 11.5. The van der Waals surface area contributed by atoms with Crippen LogP contribution in [0.4, 0.5) is 15.9 Å². The van der Waals surface area contributed by atoms with Crippen molar-refractivity contribution in [2.24, 2.45) is 5.92 Å². The number of hydrogen-bond acceptors (Lipinski definition) is 8. The molecule has 2 aliphatic rings. The summed E-state index contributed by atoms with van der Waals surface area (Å²) >= 11 is 6.28.